The number of benzene rings is 1. The molecule has 6 nitrogen and oxygen atoms in total. The van der Waals surface area contributed by atoms with Crippen molar-refractivity contribution in [2.24, 2.45) is 0 Å². The number of hydrogen-bond donors (Lipinski definition) is 3. The summed E-state index contributed by atoms with van der Waals surface area (Å²) < 4.78 is 0. The van der Waals surface area contributed by atoms with Crippen molar-refractivity contribution in [1.29, 1.82) is 0 Å². The van der Waals surface area contributed by atoms with E-state index in [-0.39, 0.29) is 11.9 Å². The quantitative estimate of drug-likeness (QED) is 0.676. The van der Waals surface area contributed by atoms with Crippen LogP contribution in [0.2, 0.25) is 0 Å². The number of hydrogen-bond acceptors (Lipinski definition) is 4. The van der Waals surface area contributed by atoms with Crippen molar-refractivity contribution in [3.63, 3.8) is 0 Å². The number of carbonyl (C=O) groups is 2. The van der Waals surface area contributed by atoms with Gasteiger partial charge in [0.05, 0.1) is 0 Å². The van der Waals surface area contributed by atoms with E-state index in [1.165, 1.54) is 11.3 Å². The van der Waals surface area contributed by atoms with Gasteiger partial charge in [-0.2, -0.15) is 0 Å². The van der Waals surface area contributed by atoms with Gasteiger partial charge in [0, 0.05) is 17.6 Å². The van der Waals surface area contributed by atoms with Gasteiger partial charge in [0.25, 0.3) is 5.91 Å². The molecule has 7 heteroatoms. The maximum absolute atomic E-state index is 11.9. The minimum absolute atomic E-state index is 0.214. The molecule has 0 saturated carbocycles. The van der Waals surface area contributed by atoms with Crippen LogP contribution in [0.15, 0.2) is 35.7 Å². The summed E-state index contributed by atoms with van der Waals surface area (Å²) >= 11 is 1.22. The van der Waals surface area contributed by atoms with Gasteiger partial charge in [0.15, 0.2) is 5.13 Å². The third-order valence-electron chi connectivity index (χ3n) is 3.05. The molecule has 0 radical (unpaired) electrons. The lowest BCUT2D eigenvalue weighted by Crippen LogP contribution is -2.25. The molecule has 3 N–H and O–H groups in total. The molecule has 1 aromatic carbocycles. The first-order valence-corrected chi connectivity index (χ1v) is 8.43. The number of nitrogens with one attached hydrogen (secondary N) is 3. The van der Waals surface area contributed by atoms with E-state index in [0.717, 1.165) is 19.3 Å². The number of unbranched alkanes of at least 4 members (excludes halogenated alkanes) is 2. The zero-order chi connectivity index (χ0) is 16.5. The maximum Gasteiger partial charge on any atom is 0.325 e. The Morgan fingerprint density at radius 2 is 1.91 bits per heavy atom. The largest absolute Gasteiger partial charge is 0.351 e. The van der Waals surface area contributed by atoms with Crippen molar-refractivity contribution >= 4 is 34.1 Å². The summed E-state index contributed by atoms with van der Waals surface area (Å²) in [6.45, 7) is 2.75. The van der Waals surface area contributed by atoms with Crippen LogP contribution in [-0.2, 0) is 0 Å². The van der Waals surface area contributed by atoms with Gasteiger partial charge in [-0.25, -0.2) is 9.78 Å². The number of aromatic nitrogens is 1. The first kappa shape index (κ1) is 17.0. The molecule has 0 aliphatic heterocycles. The molecular weight excluding hydrogens is 312 g/mol. The molecule has 0 saturated heterocycles. The van der Waals surface area contributed by atoms with Crippen LogP contribution in [0, 0.1) is 0 Å². The van der Waals surface area contributed by atoms with E-state index in [1.54, 1.807) is 17.5 Å². The maximum atomic E-state index is 11.9. The van der Waals surface area contributed by atoms with Crippen LogP contribution in [0.3, 0.4) is 0 Å². The molecule has 0 unspecified atom stereocenters. The van der Waals surface area contributed by atoms with Crippen molar-refractivity contribution in [2.75, 3.05) is 17.2 Å². The summed E-state index contributed by atoms with van der Waals surface area (Å²) in [4.78, 5) is 27.9. The molecule has 0 fully saturated rings. The lowest BCUT2D eigenvalue weighted by atomic mass is 10.2. The van der Waals surface area contributed by atoms with Crippen molar-refractivity contribution < 1.29 is 9.59 Å². The van der Waals surface area contributed by atoms with Crippen molar-refractivity contribution in [3.05, 3.63) is 41.4 Å². The summed E-state index contributed by atoms with van der Waals surface area (Å²) in [5, 5.41) is 10.1. The Kier molecular flexibility index (Phi) is 6.56. The fourth-order valence-electron chi connectivity index (χ4n) is 1.88. The number of para-hydroxylation sites is 1. The zero-order valence-corrected chi connectivity index (χ0v) is 13.8. The molecule has 0 aliphatic rings. The predicted octanol–water partition coefficient (Wildman–Crippen LogP) is 3.71. The second-order valence-electron chi connectivity index (χ2n) is 4.95. The van der Waals surface area contributed by atoms with Crippen LogP contribution in [0.4, 0.5) is 15.6 Å². The molecule has 0 spiro atoms. The van der Waals surface area contributed by atoms with Gasteiger partial charge in [-0.05, 0) is 18.6 Å². The highest BCUT2D eigenvalue weighted by atomic mass is 32.1. The van der Waals surface area contributed by atoms with E-state index in [2.05, 4.69) is 27.9 Å². The molecule has 122 valence electrons. The summed E-state index contributed by atoms with van der Waals surface area (Å²) in [5.74, 6) is -0.214. The minimum atomic E-state index is -0.388. The molecule has 23 heavy (non-hydrogen) atoms. The number of rotatable bonds is 7. The Morgan fingerprint density at radius 1 is 1.13 bits per heavy atom. The van der Waals surface area contributed by atoms with Crippen LogP contribution in [0.5, 0.6) is 0 Å². The van der Waals surface area contributed by atoms with Crippen molar-refractivity contribution in [1.82, 2.24) is 10.3 Å². The smallest absolute Gasteiger partial charge is 0.325 e. The number of nitrogens with zero attached hydrogens (tertiary/aromatic N) is 1. The monoisotopic (exact) mass is 332 g/mol. The topological polar surface area (TPSA) is 83.1 Å². The van der Waals surface area contributed by atoms with Gasteiger partial charge in [0.2, 0.25) is 0 Å². The molecular formula is C16H20N4O2S. The Balaban J connectivity index is 1.82. The highest BCUT2D eigenvalue weighted by Gasteiger charge is 2.12. The summed E-state index contributed by atoms with van der Waals surface area (Å²) in [6, 6.07) is 8.73. The third-order valence-corrected chi connectivity index (χ3v) is 3.81. The number of thiazole rings is 1. The van der Waals surface area contributed by atoms with E-state index in [1.807, 2.05) is 18.2 Å². The van der Waals surface area contributed by atoms with Crippen LogP contribution < -0.4 is 16.0 Å². The Morgan fingerprint density at radius 3 is 2.65 bits per heavy atom. The van der Waals surface area contributed by atoms with E-state index < -0.39 is 0 Å². The fraction of sp³-hybridized carbons (Fsp3) is 0.312. The molecule has 2 aromatic rings. The average molecular weight is 332 g/mol. The van der Waals surface area contributed by atoms with Gasteiger partial charge >= 0.3 is 6.03 Å². The SMILES string of the molecule is CCCCCNC(=O)c1csc(NC(=O)Nc2ccccc2)n1. The average Bonchev–Trinajstić information content (AvgIpc) is 3.00. The van der Waals surface area contributed by atoms with Gasteiger partial charge < -0.3 is 10.6 Å². The third kappa shape index (κ3) is 5.71. The van der Waals surface area contributed by atoms with Crippen LogP contribution >= 0.6 is 11.3 Å². The Bertz CT molecular complexity index is 643. The Hall–Kier alpha value is -2.41. The first-order chi connectivity index (χ1) is 11.2. The Labute approximate surface area is 139 Å². The van der Waals surface area contributed by atoms with E-state index in [4.69, 9.17) is 0 Å². The van der Waals surface area contributed by atoms with Crippen LogP contribution in [0.25, 0.3) is 0 Å². The highest BCUT2D eigenvalue weighted by molar-refractivity contribution is 7.14. The number of urea groups is 1. The van der Waals surface area contributed by atoms with Crippen molar-refractivity contribution in [2.45, 2.75) is 26.2 Å². The second kappa shape index (κ2) is 8.89. The predicted molar refractivity (Wildman–Crippen MR) is 93.1 cm³/mol. The molecule has 1 aromatic heterocycles. The molecule has 0 atom stereocenters. The van der Waals surface area contributed by atoms with Gasteiger partial charge in [-0.3, -0.25) is 10.1 Å². The zero-order valence-electron chi connectivity index (χ0n) is 13.0. The molecule has 0 aliphatic carbocycles. The number of anilines is 2. The summed E-state index contributed by atoms with van der Waals surface area (Å²) in [6.07, 6.45) is 3.15. The fourth-order valence-corrected chi connectivity index (χ4v) is 2.57. The highest BCUT2D eigenvalue weighted by Crippen LogP contribution is 2.16. The summed E-state index contributed by atoms with van der Waals surface area (Å²) in [5.41, 5.74) is 1.01. The molecule has 1 heterocycles. The first-order valence-electron chi connectivity index (χ1n) is 7.56. The van der Waals surface area contributed by atoms with Gasteiger partial charge in [0.1, 0.15) is 5.69 Å². The second-order valence-corrected chi connectivity index (χ2v) is 5.80. The van der Waals surface area contributed by atoms with Crippen LogP contribution in [0.1, 0.15) is 36.7 Å². The van der Waals surface area contributed by atoms with E-state index in [9.17, 15) is 9.59 Å². The van der Waals surface area contributed by atoms with E-state index in [0.29, 0.717) is 23.1 Å². The van der Waals surface area contributed by atoms with Crippen LogP contribution in [-0.4, -0.2) is 23.5 Å². The lowest BCUT2D eigenvalue weighted by molar-refractivity contribution is 0.0948. The minimum Gasteiger partial charge on any atom is -0.351 e. The standard InChI is InChI=1S/C16H20N4O2S/c1-2-3-7-10-17-14(21)13-11-23-16(19-13)20-15(22)18-12-8-5-4-6-9-12/h4-6,8-9,11H,2-3,7,10H2,1H3,(H,17,21)(H2,18,19,20,22). The molecule has 2 rings (SSSR count). The lowest BCUT2D eigenvalue weighted by Gasteiger charge is -2.04. The molecule has 3 amide bonds. The van der Waals surface area contributed by atoms with Crippen molar-refractivity contribution in [3.8, 4) is 0 Å². The number of amides is 3. The summed E-state index contributed by atoms with van der Waals surface area (Å²) in [7, 11) is 0. The van der Waals surface area contributed by atoms with E-state index >= 15 is 0 Å². The van der Waals surface area contributed by atoms with Gasteiger partial charge in [-0.15, -0.1) is 11.3 Å². The van der Waals surface area contributed by atoms with Gasteiger partial charge in [-0.1, -0.05) is 38.0 Å². The number of carbonyl (C=O) groups excluding carboxylic acids is 2. The normalized spacial score (nSPS) is 10.1. The molecule has 0 bridgehead atoms.